The molecule has 0 saturated heterocycles. The molecule has 30 heavy (non-hydrogen) atoms. The topological polar surface area (TPSA) is 58.2 Å². The molecule has 2 N–H and O–H groups in total. The molecule has 3 aromatic carbocycles. The maximum absolute atomic E-state index is 13.1. The summed E-state index contributed by atoms with van der Waals surface area (Å²) in [4.78, 5) is 25.5. The average molecular weight is 439 g/mol. The van der Waals surface area contributed by atoms with Crippen LogP contribution >= 0.6 is 23.2 Å². The van der Waals surface area contributed by atoms with Gasteiger partial charge in [-0.1, -0.05) is 47.8 Å². The van der Waals surface area contributed by atoms with Crippen LogP contribution in [0.1, 0.15) is 35.2 Å². The molecule has 3 aromatic rings. The van der Waals surface area contributed by atoms with Crippen LogP contribution < -0.4 is 10.6 Å². The summed E-state index contributed by atoms with van der Waals surface area (Å²) < 4.78 is 0. The Morgan fingerprint density at radius 3 is 2.00 bits per heavy atom. The van der Waals surface area contributed by atoms with E-state index in [0.717, 1.165) is 30.5 Å². The van der Waals surface area contributed by atoms with E-state index in [1.54, 1.807) is 48.5 Å². The van der Waals surface area contributed by atoms with Crippen LogP contribution in [0, 0.1) is 0 Å². The third-order valence-electron chi connectivity index (χ3n) is 5.53. The number of amides is 2. The normalized spacial score (nSPS) is 14.5. The van der Waals surface area contributed by atoms with Crippen LogP contribution in [-0.4, -0.2) is 11.8 Å². The van der Waals surface area contributed by atoms with Gasteiger partial charge in [0.2, 0.25) is 5.91 Å². The van der Waals surface area contributed by atoms with E-state index in [9.17, 15) is 9.59 Å². The number of halogens is 2. The third kappa shape index (κ3) is 4.20. The number of carbonyl (C=O) groups excluding carboxylic acids is 2. The Balaban J connectivity index is 1.48. The van der Waals surface area contributed by atoms with Crippen LogP contribution in [0.4, 0.5) is 11.4 Å². The zero-order valence-electron chi connectivity index (χ0n) is 16.1. The smallest absolute Gasteiger partial charge is 0.255 e. The molecular weight excluding hydrogens is 419 g/mol. The predicted molar refractivity (Wildman–Crippen MR) is 121 cm³/mol. The maximum atomic E-state index is 13.1. The van der Waals surface area contributed by atoms with E-state index in [1.165, 1.54) is 0 Å². The highest BCUT2D eigenvalue weighted by molar-refractivity contribution is 6.31. The first-order valence-corrected chi connectivity index (χ1v) is 10.5. The van der Waals surface area contributed by atoms with E-state index in [4.69, 9.17) is 23.2 Å². The third-order valence-corrected chi connectivity index (χ3v) is 6.01. The monoisotopic (exact) mass is 438 g/mol. The number of nitrogens with one attached hydrogen (secondary N) is 2. The fourth-order valence-corrected chi connectivity index (χ4v) is 3.98. The van der Waals surface area contributed by atoms with Crippen molar-refractivity contribution in [3.8, 4) is 0 Å². The summed E-state index contributed by atoms with van der Waals surface area (Å²) in [5, 5.41) is 7.01. The molecule has 0 heterocycles. The Hall–Kier alpha value is -2.82. The molecule has 4 rings (SSSR count). The van der Waals surface area contributed by atoms with Gasteiger partial charge in [0.1, 0.15) is 0 Å². The largest absolute Gasteiger partial charge is 0.325 e. The van der Waals surface area contributed by atoms with E-state index in [2.05, 4.69) is 10.6 Å². The first-order valence-electron chi connectivity index (χ1n) is 9.71. The summed E-state index contributed by atoms with van der Waals surface area (Å²) in [5.74, 6) is -0.254. The van der Waals surface area contributed by atoms with Crippen molar-refractivity contribution in [3.05, 3.63) is 94.0 Å². The van der Waals surface area contributed by atoms with Crippen molar-refractivity contribution in [1.82, 2.24) is 0 Å². The summed E-state index contributed by atoms with van der Waals surface area (Å²) >= 11 is 11.9. The van der Waals surface area contributed by atoms with Crippen molar-refractivity contribution in [2.75, 3.05) is 10.6 Å². The molecule has 6 heteroatoms. The second kappa shape index (κ2) is 8.50. The van der Waals surface area contributed by atoms with Crippen molar-refractivity contribution in [2.24, 2.45) is 0 Å². The van der Waals surface area contributed by atoms with Gasteiger partial charge in [0.15, 0.2) is 0 Å². The van der Waals surface area contributed by atoms with Crippen molar-refractivity contribution in [1.29, 1.82) is 0 Å². The van der Waals surface area contributed by atoms with Crippen molar-refractivity contribution in [2.45, 2.75) is 24.7 Å². The standard InChI is InChI=1S/C24H20Cl2N2O2/c25-18-7-11-21(12-8-18)28-23(30)24(13-2-14-24)17-5-9-20(10-6-17)27-22(29)16-3-1-4-19(26)15-16/h1,3-12,15H,2,13-14H2,(H,27,29)(H,28,30). The van der Waals surface area contributed by atoms with Gasteiger partial charge in [0.25, 0.3) is 5.91 Å². The number of hydrogen-bond donors (Lipinski definition) is 2. The Bertz CT molecular complexity index is 1080. The fraction of sp³-hybridized carbons (Fsp3) is 0.167. The number of anilines is 2. The van der Waals surface area contributed by atoms with Gasteiger partial charge in [-0.3, -0.25) is 9.59 Å². The minimum Gasteiger partial charge on any atom is -0.325 e. The van der Waals surface area contributed by atoms with Gasteiger partial charge in [0, 0.05) is 27.0 Å². The van der Waals surface area contributed by atoms with Crippen molar-refractivity contribution >= 4 is 46.4 Å². The Labute approximate surface area is 185 Å². The lowest BCUT2D eigenvalue weighted by Gasteiger charge is -2.40. The zero-order chi connectivity index (χ0) is 21.1. The number of hydrogen-bond acceptors (Lipinski definition) is 2. The number of benzene rings is 3. The van der Waals surface area contributed by atoms with Crippen molar-refractivity contribution in [3.63, 3.8) is 0 Å². The van der Waals surface area contributed by atoms with Crippen LogP contribution in [0.2, 0.25) is 10.0 Å². The van der Waals surface area contributed by atoms with Gasteiger partial charge in [-0.15, -0.1) is 0 Å². The first kappa shape index (κ1) is 20.5. The SMILES string of the molecule is O=C(Nc1ccc(C2(C(=O)Nc3ccc(Cl)cc3)CCC2)cc1)c1cccc(Cl)c1. The number of carbonyl (C=O) groups is 2. The van der Waals surface area contributed by atoms with Gasteiger partial charge in [-0.05, 0) is 73.0 Å². The van der Waals surface area contributed by atoms with E-state index in [0.29, 0.717) is 21.3 Å². The lowest BCUT2D eigenvalue weighted by atomic mass is 9.63. The van der Waals surface area contributed by atoms with Crippen molar-refractivity contribution < 1.29 is 9.59 Å². The lowest BCUT2D eigenvalue weighted by Crippen LogP contribution is -2.46. The molecule has 152 valence electrons. The molecule has 1 aliphatic rings. The molecule has 0 aromatic heterocycles. The fourth-order valence-electron chi connectivity index (χ4n) is 3.67. The summed E-state index contributed by atoms with van der Waals surface area (Å²) in [6.45, 7) is 0. The number of rotatable bonds is 5. The Morgan fingerprint density at radius 2 is 1.40 bits per heavy atom. The minimum atomic E-state index is -0.546. The highest BCUT2D eigenvalue weighted by Crippen LogP contribution is 2.45. The van der Waals surface area contributed by atoms with Gasteiger partial charge in [0.05, 0.1) is 5.41 Å². The van der Waals surface area contributed by atoms with Gasteiger partial charge in [-0.25, -0.2) is 0 Å². The van der Waals surface area contributed by atoms with E-state index >= 15 is 0 Å². The second-order valence-electron chi connectivity index (χ2n) is 7.44. The van der Waals surface area contributed by atoms with E-state index in [1.807, 2.05) is 24.3 Å². The lowest BCUT2D eigenvalue weighted by molar-refractivity contribution is -0.124. The average Bonchev–Trinajstić information content (AvgIpc) is 2.70. The van der Waals surface area contributed by atoms with E-state index < -0.39 is 5.41 Å². The molecule has 2 amide bonds. The molecule has 1 aliphatic carbocycles. The Morgan fingerprint density at radius 1 is 0.767 bits per heavy atom. The molecule has 1 fully saturated rings. The van der Waals surface area contributed by atoms with Crippen LogP contribution in [0.25, 0.3) is 0 Å². The summed E-state index contributed by atoms with van der Waals surface area (Å²) in [6, 6.07) is 21.4. The Kier molecular flexibility index (Phi) is 5.80. The van der Waals surface area contributed by atoms with Gasteiger partial charge in [-0.2, -0.15) is 0 Å². The van der Waals surface area contributed by atoms with Gasteiger partial charge < -0.3 is 10.6 Å². The van der Waals surface area contributed by atoms with Crippen LogP contribution in [0.5, 0.6) is 0 Å². The minimum absolute atomic E-state index is 0.0215. The van der Waals surface area contributed by atoms with Crippen LogP contribution in [0.15, 0.2) is 72.8 Å². The van der Waals surface area contributed by atoms with E-state index in [-0.39, 0.29) is 11.8 Å². The summed E-state index contributed by atoms with van der Waals surface area (Å²) in [7, 11) is 0. The summed E-state index contributed by atoms with van der Waals surface area (Å²) in [5.41, 5.74) is 2.28. The molecular formula is C24H20Cl2N2O2. The molecule has 0 unspecified atom stereocenters. The molecule has 0 spiro atoms. The van der Waals surface area contributed by atoms with Gasteiger partial charge >= 0.3 is 0 Å². The molecule has 0 radical (unpaired) electrons. The highest BCUT2D eigenvalue weighted by Gasteiger charge is 2.45. The molecule has 4 nitrogen and oxygen atoms in total. The maximum Gasteiger partial charge on any atom is 0.255 e. The highest BCUT2D eigenvalue weighted by atomic mass is 35.5. The zero-order valence-corrected chi connectivity index (χ0v) is 17.6. The first-order chi connectivity index (χ1) is 14.5. The molecule has 0 atom stereocenters. The predicted octanol–water partition coefficient (Wildman–Crippen LogP) is 6.31. The van der Waals surface area contributed by atoms with Crippen LogP contribution in [-0.2, 0) is 10.2 Å². The molecule has 0 aliphatic heterocycles. The second-order valence-corrected chi connectivity index (χ2v) is 8.31. The molecule has 1 saturated carbocycles. The quantitative estimate of drug-likeness (QED) is 0.490. The molecule has 0 bridgehead atoms. The van der Waals surface area contributed by atoms with Crippen LogP contribution in [0.3, 0.4) is 0 Å². The summed E-state index contributed by atoms with van der Waals surface area (Å²) in [6.07, 6.45) is 2.59.